The molecule has 0 radical (unpaired) electrons. The molecule has 0 atom stereocenters. The number of rotatable bonds is 4. The van der Waals surface area contributed by atoms with Gasteiger partial charge in [0.05, 0.1) is 38.5 Å². The van der Waals surface area contributed by atoms with Crippen LogP contribution in [-0.4, -0.2) is 67.4 Å². The molecule has 0 bridgehead atoms. The van der Waals surface area contributed by atoms with Gasteiger partial charge in [-0.3, -0.25) is 4.79 Å². The minimum atomic E-state index is -4.18. The fraction of sp³-hybridized carbons (Fsp3) is 0.462. The average Bonchev–Trinajstić information content (AvgIpc) is 2.45. The topological polar surface area (TPSA) is 102 Å². The molecule has 1 aromatic carbocycles. The minimum absolute atomic E-state index is 0.106. The lowest BCUT2D eigenvalue weighted by Gasteiger charge is -2.32. The lowest BCUT2D eigenvalue weighted by Crippen LogP contribution is -3.15. The summed E-state index contributed by atoms with van der Waals surface area (Å²) in [6.45, 7) is 2.58. The Hall–Kier alpha value is -1.64. The van der Waals surface area contributed by atoms with Crippen LogP contribution in [0.4, 0.5) is 0 Å². The van der Waals surface area contributed by atoms with Gasteiger partial charge in [-0.1, -0.05) is 0 Å². The molecule has 1 aliphatic rings. The summed E-state index contributed by atoms with van der Waals surface area (Å²) >= 11 is 0. The molecule has 0 aliphatic carbocycles. The standard InChI is InChI=1S/C13H18N2O5S/c16-12-3-1-11(2-4-12)13(17)15-7-5-14(6-8-15)9-10-21(18,19)20/h1-4,16H,5-10H2,(H,18,19,20). The van der Waals surface area contributed by atoms with Gasteiger partial charge in [0.15, 0.2) is 0 Å². The molecular weight excluding hydrogens is 296 g/mol. The zero-order valence-corrected chi connectivity index (χ0v) is 12.3. The number of aromatic hydroxyl groups is 1. The molecule has 116 valence electrons. The molecule has 8 heteroatoms. The number of hydrogen-bond donors (Lipinski definition) is 2. The van der Waals surface area contributed by atoms with Crippen LogP contribution < -0.4 is 4.90 Å². The van der Waals surface area contributed by atoms with E-state index in [1.54, 1.807) is 17.0 Å². The van der Waals surface area contributed by atoms with E-state index in [1.807, 2.05) is 0 Å². The van der Waals surface area contributed by atoms with Crippen LogP contribution in [0.1, 0.15) is 10.4 Å². The van der Waals surface area contributed by atoms with E-state index in [4.69, 9.17) is 0 Å². The third-order valence-corrected chi connectivity index (χ3v) is 4.28. The number of nitrogens with one attached hydrogen (secondary N) is 1. The van der Waals surface area contributed by atoms with Gasteiger partial charge < -0.3 is 19.5 Å². The Morgan fingerprint density at radius 2 is 1.81 bits per heavy atom. The molecule has 1 aliphatic heterocycles. The molecule has 0 unspecified atom stereocenters. The maximum Gasteiger partial charge on any atom is 0.254 e. The fourth-order valence-corrected chi connectivity index (χ4v) is 2.87. The first-order chi connectivity index (χ1) is 9.85. The Kier molecular flexibility index (Phi) is 4.81. The van der Waals surface area contributed by atoms with Crippen molar-refractivity contribution in [2.24, 2.45) is 0 Å². The summed E-state index contributed by atoms with van der Waals surface area (Å²) < 4.78 is 31.8. The maximum atomic E-state index is 12.2. The fourth-order valence-electron chi connectivity index (χ4n) is 2.33. The summed E-state index contributed by atoms with van der Waals surface area (Å²) in [6, 6.07) is 6.07. The summed E-state index contributed by atoms with van der Waals surface area (Å²) in [5.41, 5.74) is 0.512. The smallest absolute Gasteiger partial charge is 0.254 e. The van der Waals surface area contributed by atoms with Crippen LogP contribution in [0.2, 0.25) is 0 Å². The summed E-state index contributed by atoms with van der Waals surface area (Å²) in [4.78, 5) is 14.9. The molecule has 1 saturated heterocycles. The highest BCUT2D eigenvalue weighted by Crippen LogP contribution is 2.11. The predicted molar refractivity (Wildman–Crippen MR) is 74.1 cm³/mol. The van der Waals surface area contributed by atoms with Gasteiger partial charge in [-0.2, -0.15) is 0 Å². The molecule has 1 aromatic rings. The first kappa shape index (κ1) is 15.7. The van der Waals surface area contributed by atoms with Gasteiger partial charge in [-0.25, -0.2) is 8.42 Å². The van der Waals surface area contributed by atoms with Gasteiger partial charge in [0, 0.05) is 5.56 Å². The molecular formula is C13H18N2O5S. The van der Waals surface area contributed by atoms with E-state index in [0.717, 1.165) is 4.90 Å². The van der Waals surface area contributed by atoms with Crippen molar-refractivity contribution in [1.29, 1.82) is 0 Å². The minimum Gasteiger partial charge on any atom is -0.748 e. The SMILES string of the molecule is O=C(c1ccc(O)cc1)N1CC[NH+](CCS(=O)(=O)[O-])CC1. The van der Waals surface area contributed by atoms with Crippen molar-refractivity contribution >= 4 is 16.0 Å². The third kappa shape index (κ3) is 4.69. The highest BCUT2D eigenvalue weighted by molar-refractivity contribution is 7.85. The van der Waals surface area contributed by atoms with Crippen molar-refractivity contribution in [2.45, 2.75) is 0 Å². The first-order valence-corrected chi connectivity index (χ1v) is 8.28. The monoisotopic (exact) mass is 314 g/mol. The summed E-state index contributed by atoms with van der Waals surface area (Å²) in [7, 11) is -4.18. The maximum absolute atomic E-state index is 12.2. The number of carbonyl (C=O) groups excluding carboxylic acids is 1. The van der Waals surface area contributed by atoms with Crippen molar-refractivity contribution in [3.63, 3.8) is 0 Å². The Morgan fingerprint density at radius 3 is 2.33 bits per heavy atom. The van der Waals surface area contributed by atoms with Gasteiger partial charge >= 0.3 is 0 Å². The van der Waals surface area contributed by atoms with Crippen LogP contribution >= 0.6 is 0 Å². The molecule has 0 saturated carbocycles. The van der Waals surface area contributed by atoms with Crippen LogP contribution in [0.3, 0.4) is 0 Å². The van der Waals surface area contributed by atoms with Crippen LogP contribution in [0.5, 0.6) is 5.75 Å². The Labute approximate surface area is 123 Å². The van der Waals surface area contributed by atoms with Crippen LogP contribution in [-0.2, 0) is 10.1 Å². The second-order valence-electron chi connectivity index (χ2n) is 5.10. The molecule has 1 fully saturated rings. The van der Waals surface area contributed by atoms with E-state index in [1.165, 1.54) is 12.1 Å². The number of phenols is 1. The molecule has 1 amide bonds. The Balaban J connectivity index is 1.86. The average molecular weight is 314 g/mol. The van der Waals surface area contributed by atoms with E-state index < -0.39 is 10.1 Å². The highest BCUT2D eigenvalue weighted by Gasteiger charge is 2.24. The lowest BCUT2D eigenvalue weighted by atomic mass is 10.1. The van der Waals surface area contributed by atoms with Gasteiger partial charge in [0.2, 0.25) is 0 Å². The van der Waals surface area contributed by atoms with Crippen molar-refractivity contribution in [2.75, 3.05) is 38.5 Å². The van der Waals surface area contributed by atoms with E-state index in [-0.39, 0.29) is 24.0 Å². The van der Waals surface area contributed by atoms with Crippen LogP contribution in [0.15, 0.2) is 24.3 Å². The third-order valence-electron chi connectivity index (χ3n) is 3.58. The number of amides is 1. The molecule has 0 spiro atoms. The highest BCUT2D eigenvalue weighted by atomic mass is 32.2. The number of carbonyl (C=O) groups is 1. The normalized spacial score (nSPS) is 16.9. The first-order valence-electron chi connectivity index (χ1n) is 6.70. The molecule has 1 heterocycles. The lowest BCUT2D eigenvalue weighted by molar-refractivity contribution is -0.901. The summed E-state index contributed by atoms with van der Waals surface area (Å²) in [5, 5.41) is 9.21. The van der Waals surface area contributed by atoms with Gasteiger partial charge in [-0.15, -0.1) is 0 Å². The number of nitrogens with zero attached hydrogens (tertiary/aromatic N) is 1. The molecule has 2 rings (SSSR count). The van der Waals surface area contributed by atoms with Gasteiger partial charge in [0.25, 0.3) is 5.91 Å². The van der Waals surface area contributed by atoms with Gasteiger partial charge in [-0.05, 0) is 24.3 Å². The summed E-state index contributed by atoms with van der Waals surface area (Å²) in [6.07, 6.45) is 0. The van der Waals surface area contributed by atoms with Crippen LogP contribution in [0.25, 0.3) is 0 Å². The second-order valence-corrected chi connectivity index (χ2v) is 6.62. The second kappa shape index (κ2) is 6.42. The van der Waals surface area contributed by atoms with E-state index >= 15 is 0 Å². The zero-order chi connectivity index (χ0) is 15.5. The Morgan fingerprint density at radius 1 is 1.24 bits per heavy atom. The van der Waals surface area contributed by atoms with Crippen molar-refractivity contribution in [3.8, 4) is 5.75 Å². The molecule has 0 aromatic heterocycles. The predicted octanol–water partition coefficient (Wildman–Crippen LogP) is -1.72. The molecule has 2 N–H and O–H groups in total. The number of quaternary nitrogens is 1. The van der Waals surface area contributed by atoms with Gasteiger partial charge in [0.1, 0.15) is 15.9 Å². The zero-order valence-electron chi connectivity index (χ0n) is 11.5. The quantitative estimate of drug-likeness (QED) is 0.644. The van der Waals surface area contributed by atoms with E-state index in [0.29, 0.717) is 31.7 Å². The largest absolute Gasteiger partial charge is 0.748 e. The molecule has 7 nitrogen and oxygen atoms in total. The number of piperazine rings is 1. The number of benzene rings is 1. The molecule has 21 heavy (non-hydrogen) atoms. The van der Waals surface area contributed by atoms with Crippen LogP contribution in [0, 0.1) is 0 Å². The number of phenolic OH excluding ortho intramolecular Hbond substituents is 1. The van der Waals surface area contributed by atoms with Crippen molar-refractivity contribution in [1.82, 2.24) is 4.90 Å². The van der Waals surface area contributed by atoms with Crippen molar-refractivity contribution < 1.29 is 27.8 Å². The van der Waals surface area contributed by atoms with Crippen molar-refractivity contribution in [3.05, 3.63) is 29.8 Å². The Bertz CT molecular complexity index is 591. The van der Waals surface area contributed by atoms with E-state index in [2.05, 4.69) is 0 Å². The number of hydrogen-bond acceptors (Lipinski definition) is 5. The van der Waals surface area contributed by atoms with E-state index in [9.17, 15) is 22.9 Å². The summed E-state index contributed by atoms with van der Waals surface area (Å²) in [5.74, 6) is -0.362.